The van der Waals surface area contributed by atoms with Crippen molar-refractivity contribution in [3.05, 3.63) is 18.6 Å². The Morgan fingerprint density at radius 1 is 1.36 bits per heavy atom. The molecule has 178 valence electrons. The van der Waals surface area contributed by atoms with Crippen LogP contribution in [-0.4, -0.2) is 80.7 Å². The molecular weight excluding hydrogens is 424 g/mol. The van der Waals surface area contributed by atoms with Crippen LogP contribution in [0.2, 0.25) is 0 Å². The van der Waals surface area contributed by atoms with Crippen LogP contribution in [0.3, 0.4) is 0 Å². The van der Waals surface area contributed by atoms with Crippen molar-refractivity contribution in [2.45, 2.75) is 45.3 Å². The first-order valence-corrected chi connectivity index (χ1v) is 11.2. The van der Waals surface area contributed by atoms with E-state index in [1.165, 1.54) is 11.2 Å². The highest BCUT2D eigenvalue weighted by molar-refractivity contribution is 5.88. The fraction of sp³-hybridized carbons (Fsp3) is 0.591. The molecule has 3 N–H and O–H groups in total. The molecule has 1 fully saturated rings. The lowest BCUT2D eigenvalue weighted by Gasteiger charge is -2.42. The molecule has 0 bridgehead atoms. The van der Waals surface area contributed by atoms with E-state index in [1.807, 2.05) is 25.4 Å². The molecule has 2 amide bonds. The molecule has 3 rings (SSSR count). The number of nitrogens with zero attached hydrogens (tertiary/aromatic N) is 7. The van der Waals surface area contributed by atoms with Crippen LogP contribution in [0.1, 0.15) is 32.6 Å². The van der Waals surface area contributed by atoms with Crippen molar-refractivity contribution in [3.63, 3.8) is 0 Å². The number of fused-ring (bicyclic) bond motifs is 1. The summed E-state index contributed by atoms with van der Waals surface area (Å²) in [7, 11) is 1.95. The Hall–Kier alpha value is -3.39. The lowest BCUT2D eigenvalue weighted by molar-refractivity contribution is -0.131. The molecule has 1 saturated heterocycles. The molecule has 3 heterocycles. The van der Waals surface area contributed by atoms with E-state index in [0.29, 0.717) is 44.2 Å². The molecule has 1 aliphatic heterocycles. The molecule has 0 radical (unpaired) electrons. The molecule has 0 unspecified atom stereocenters. The first kappa shape index (κ1) is 24.3. The number of carbonyl (C=O) groups is 2. The zero-order valence-electron chi connectivity index (χ0n) is 19.2. The van der Waals surface area contributed by atoms with Gasteiger partial charge in [0, 0.05) is 32.9 Å². The number of likely N-dealkylation sites (tertiary alicyclic amines) is 1. The lowest BCUT2D eigenvalue weighted by atomic mass is 9.92. The Bertz CT molecular complexity index is 1020. The summed E-state index contributed by atoms with van der Waals surface area (Å²) in [5, 5.41) is 19.3. The summed E-state index contributed by atoms with van der Waals surface area (Å²) in [5.74, 6) is 0.915. The molecule has 2 aromatic heterocycles. The summed E-state index contributed by atoms with van der Waals surface area (Å²) in [4.78, 5) is 38.1. The molecule has 33 heavy (non-hydrogen) atoms. The Morgan fingerprint density at radius 2 is 2.15 bits per heavy atom. The second kappa shape index (κ2) is 11.0. The monoisotopic (exact) mass is 456 g/mol. The maximum absolute atomic E-state index is 12.3. The smallest absolute Gasteiger partial charge is 0.408 e. The molecule has 0 saturated carbocycles. The maximum Gasteiger partial charge on any atom is 0.408 e. The van der Waals surface area contributed by atoms with Gasteiger partial charge in [0.25, 0.3) is 0 Å². The minimum atomic E-state index is -0.988. The normalized spacial score (nSPS) is 18.2. The number of hydrogen-bond donors (Lipinski definition) is 2. The summed E-state index contributed by atoms with van der Waals surface area (Å²) in [5.41, 5.74) is 6.18. The predicted octanol–water partition coefficient (Wildman–Crippen LogP) is 1.69. The van der Waals surface area contributed by atoms with Crippen LogP contribution in [0.15, 0.2) is 18.6 Å². The average Bonchev–Trinajstić information content (AvgIpc) is 3.21. The maximum atomic E-state index is 12.3. The van der Waals surface area contributed by atoms with E-state index in [1.54, 1.807) is 9.47 Å². The van der Waals surface area contributed by atoms with Crippen LogP contribution in [-0.2, 0) is 11.5 Å². The fourth-order valence-electron chi connectivity index (χ4n) is 4.36. The molecular formula is C22H32N8O3. The van der Waals surface area contributed by atoms with Gasteiger partial charge in [-0.1, -0.05) is 6.92 Å². The highest BCUT2D eigenvalue weighted by Gasteiger charge is 2.32. The van der Waals surface area contributed by atoms with Gasteiger partial charge in [0.05, 0.1) is 17.5 Å². The van der Waals surface area contributed by atoms with E-state index in [4.69, 9.17) is 11.0 Å². The Kier molecular flexibility index (Phi) is 8.06. The number of unbranched alkanes of at least 4 members (excludes halogenated alkanes) is 1. The van der Waals surface area contributed by atoms with Crippen molar-refractivity contribution in [1.29, 1.82) is 5.26 Å². The first-order chi connectivity index (χ1) is 15.9. The highest BCUT2D eigenvalue weighted by atomic mass is 16.4. The fourth-order valence-corrected chi connectivity index (χ4v) is 4.36. The predicted molar refractivity (Wildman–Crippen MR) is 123 cm³/mol. The van der Waals surface area contributed by atoms with Gasteiger partial charge in [-0.15, -0.1) is 0 Å². The number of carboxylic acid groups (broad SMARTS) is 1. The van der Waals surface area contributed by atoms with Crippen LogP contribution in [0.25, 0.3) is 11.0 Å². The summed E-state index contributed by atoms with van der Waals surface area (Å²) in [6.07, 6.45) is 4.51. The molecule has 11 nitrogen and oxygen atoms in total. The largest absolute Gasteiger partial charge is 0.465 e. The van der Waals surface area contributed by atoms with E-state index in [-0.39, 0.29) is 25.0 Å². The van der Waals surface area contributed by atoms with Crippen LogP contribution >= 0.6 is 0 Å². The molecule has 0 aromatic carbocycles. The number of hydrogen-bond acceptors (Lipinski definition) is 7. The molecule has 0 aliphatic carbocycles. The van der Waals surface area contributed by atoms with Crippen LogP contribution in [0.4, 0.5) is 10.6 Å². The summed E-state index contributed by atoms with van der Waals surface area (Å²) in [6.45, 7) is 4.43. The van der Waals surface area contributed by atoms with E-state index < -0.39 is 6.09 Å². The number of rotatable bonds is 9. The van der Waals surface area contributed by atoms with E-state index in [9.17, 15) is 14.7 Å². The van der Waals surface area contributed by atoms with Gasteiger partial charge in [-0.25, -0.2) is 14.8 Å². The van der Waals surface area contributed by atoms with Crippen LogP contribution in [0, 0.1) is 17.2 Å². The van der Waals surface area contributed by atoms with Crippen molar-refractivity contribution in [2.24, 2.45) is 11.7 Å². The molecule has 2 atom stereocenters. The van der Waals surface area contributed by atoms with E-state index in [2.05, 4.69) is 21.8 Å². The third kappa shape index (κ3) is 5.51. The standard InChI is InChI=1S/C22H32N8O3/c1-16-6-11-28(19(31)5-9-24)13-18(16)27(2)20-17-7-12-29(21(17)26-14-25-20)15-30(22(32)33)10-4-3-8-23/h7,12,14,16,18H,3-6,8,10-11,13,15,23H2,1-2H3,(H,32,33)/t16-,18+/m1/s1. The number of anilines is 1. The highest BCUT2D eigenvalue weighted by Crippen LogP contribution is 2.29. The molecule has 2 aromatic rings. The second-order valence-electron chi connectivity index (χ2n) is 8.52. The summed E-state index contributed by atoms with van der Waals surface area (Å²) < 4.78 is 1.80. The van der Waals surface area contributed by atoms with Crippen LogP contribution in [0.5, 0.6) is 0 Å². The number of nitriles is 1. The number of likely N-dealkylation sites (N-methyl/N-ethyl adjacent to an activating group) is 1. The molecule has 0 spiro atoms. The number of nitrogens with two attached hydrogens (primary N) is 1. The summed E-state index contributed by atoms with van der Waals surface area (Å²) in [6, 6.07) is 3.87. The Morgan fingerprint density at radius 3 is 2.85 bits per heavy atom. The molecule has 11 heteroatoms. The number of piperidine rings is 1. The van der Waals surface area contributed by atoms with Gasteiger partial charge in [0.1, 0.15) is 30.9 Å². The minimum Gasteiger partial charge on any atom is -0.465 e. The van der Waals surface area contributed by atoms with Crippen molar-refractivity contribution in [3.8, 4) is 6.07 Å². The molecule has 1 aliphatic rings. The van der Waals surface area contributed by atoms with Gasteiger partial charge in [0.15, 0.2) is 0 Å². The van der Waals surface area contributed by atoms with Gasteiger partial charge in [-0.2, -0.15) is 5.26 Å². The second-order valence-corrected chi connectivity index (χ2v) is 8.52. The SMILES string of the molecule is C[C@@H]1CCN(C(=O)CC#N)C[C@@H]1N(C)c1ncnc2c1ccn2CN(CCCCN)C(=O)O. The van der Waals surface area contributed by atoms with Crippen molar-refractivity contribution in [1.82, 2.24) is 24.3 Å². The Balaban J connectivity index is 1.82. The van der Waals surface area contributed by atoms with Crippen LogP contribution < -0.4 is 10.6 Å². The zero-order valence-corrected chi connectivity index (χ0v) is 19.2. The van der Waals surface area contributed by atoms with E-state index in [0.717, 1.165) is 24.0 Å². The van der Waals surface area contributed by atoms with Crippen molar-refractivity contribution >= 4 is 28.9 Å². The number of amides is 2. The third-order valence-electron chi connectivity index (χ3n) is 6.34. The van der Waals surface area contributed by atoms with Gasteiger partial charge in [-0.3, -0.25) is 9.69 Å². The summed E-state index contributed by atoms with van der Waals surface area (Å²) >= 11 is 0. The van der Waals surface area contributed by atoms with Crippen molar-refractivity contribution < 1.29 is 14.7 Å². The third-order valence-corrected chi connectivity index (χ3v) is 6.34. The minimum absolute atomic E-state index is 0.0367. The topological polar surface area (TPSA) is 145 Å². The van der Waals surface area contributed by atoms with E-state index >= 15 is 0 Å². The lowest BCUT2D eigenvalue weighted by Crippen LogP contribution is -2.52. The Labute approximate surface area is 193 Å². The van der Waals surface area contributed by atoms with Crippen molar-refractivity contribution in [2.75, 3.05) is 38.1 Å². The first-order valence-electron chi connectivity index (χ1n) is 11.2. The average molecular weight is 457 g/mol. The number of carbonyl (C=O) groups excluding carboxylic acids is 1. The zero-order chi connectivity index (χ0) is 24.0. The quantitative estimate of drug-likeness (QED) is 0.542. The van der Waals surface area contributed by atoms with Gasteiger partial charge < -0.3 is 25.2 Å². The van der Waals surface area contributed by atoms with Gasteiger partial charge >= 0.3 is 6.09 Å². The van der Waals surface area contributed by atoms with Gasteiger partial charge in [0.2, 0.25) is 5.91 Å². The number of aromatic nitrogens is 3. The van der Waals surface area contributed by atoms with Gasteiger partial charge in [-0.05, 0) is 37.8 Å².